The lowest BCUT2D eigenvalue weighted by atomic mass is 10.2. The molecule has 0 saturated heterocycles. The molecule has 19 heavy (non-hydrogen) atoms. The van der Waals surface area contributed by atoms with Gasteiger partial charge in [-0.2, -0.15) is 8.42 Å². The molecule has 0 saturated carbocycles. The summed E-state index contributed by atoms with van der Waals surface area (Å²) in [5.74, 6) is -0.215. The largest absolute Gasteiger partial charge is 0.375 e. The van der Waals surface area contributed by atoms with Crippen LogP contribution in [0.25, 0.3) is 0 Å². The lowest BCUT2D eigenvalue weighted by Crippen LogP contribution is -2.15. The Morgan fingerprint density at radius 1 is 0.895 bits per heavy atom. The Morgan fingerprint density at radius 2 is 1.53 bits per heavy atom. The molecule has 0 spiro atoms. The van der Waals surface area contributed by atoms with E-state index >= 15 is 0 Å². The van der Waals surface area contributed by atoms with Crippen LogP contribution in [0, 0.1) is 6.92 Å². The lowest BCUT2D eigenvalue weighted by Gasteiger charge is -2.07. The van der Waals surface area contributed by atoms with Crippen molar-refractivity contribution in [3.63, 3.8) is 0 Å². The molecule has 0 heterocycles. The van der Waals surface area contributed by atoms with Crippen LogP contribution in [-0.4, -0.2) is 8.42 Å². The van der Waals surface area contributed by atoms with Crippen LogP contribution < -0.4 is 9.61 Å². The predicted molar refractivity (Wildman–Crippen MR) is 71.7 cm³/mol. The average Bonchev–Trinajstić information content (AvgIpc) is 2.55. The van der Waals surface area contributed by atoms with Gasteiger partial charge in [0.1, 0.15) is 4.90 Å². The number of hydrogen-bond donors (Lipinski definition) is 0. The summed E-state index contributed by atoms with van der Waals surface area (Å²) in [6.45, 7) is 1.67. The predicted octanol–water partition coefficient (Wildman–Crippen LogP) is 2.12. The number of rotatable bonds is 3. The van der Waals surface area contributed by atoms with Crippen LogP contribution >= 0.6 is 0 Å². The first-order valence-corrected chi connectivity index (χ1v) is 7.01. The molecule has 2 aromatic rings. The minimum absolute atomic E-state index is 0.0564. The Hall–Kier alpha value is -2.14. The quantitative estimate of drug-likeness (QED) is 0.806. The highest BCUT2D eigenvalue weighted by Gasteiger charge is 2.19. The molecule has 0 bridgehead atoms. The van der Waals surface area contributed by atoms with Gasteiger partial charge in [0.15, 0.2) is 5.75 Å². The average molecular weight is 276 g/mol. The second-order valence-electron chi connectivity index (χ2n) is 3.94. The maximum absolute atomic E-state index is 12.1. The lowest BCUT2D eigenvalue weighted by molar-refractivity contribution is 0.483. The fraction of sp³-hybridized carbons (Fsp3) is 0.0714. The van der Waals surface area contributed by atoms with Gasteiger partial charge in [-0.05, 0) is 30.7 Å². The summed E-state index contributed by atoms with van der Waals surface area (Å²) in [6.07, 6.45) is 0. The molecule has 5 heteroatoms. The summed E-state index contributed by atoms with van der Waals surface area (Å²) in [5, 5.41) is 0. The van der Waals surface area contributed by atoms with Crippen LogP contribution in [0.15, 0.2) is 64.3 Å². The van der Waals surface area contributed by atoms with E-state index in [1.54, 1.807) is 37.3 Å². The Labute approximate surface area is 111 Å². The van der Waals surface area contributed by atoms with Gasteiger partial charge in [0.2, 0.25) is 5.43 Å². The summed E-state index contributed by atoms with van der Waals surface area (Å²) < 4.78 is 29.2. The number of benzene rings is 1. The van der Waals surface area contributed by atoms with Crippen molar-refractivity contribution in [2.45, 2.75) is 11.8 Å². The van der Waals surface area contributed by atoms with Crippen molar-refractivity contribution in [1.82, 2.24) is 0 Å². The molecule has 0 aliphatic heterocycles. The van der Waals surface area contributed by atoms with Gasteiger partial charge in [-0.25, -0.2) is 0 Å². The highest BCUT2D eigenvalue weighted by Crippen LogP contribution is 2.18. The fourth-order valence-electron chi connectivity index (χ4n) is 1.58. The molecule has 0 fully saturated rings. The van der Waals surface area contributed by atoms with Gasteiger partial charge < -0.3 is 4.18 Å². The topological polar surface area (TPSA) is 60.4 Å². The molecule has 2 rings (SSSR count). The Morgan fingerprint density at radius 3 is 2.26 bits per heavy atom. The molecule has 0 N–H and O–H groups in total. The fourth-order valence-corrected chi connectivity index (χ4v) is 2.75. The summed E-state index contributed by atoms with van der Waals surface area (Å²) in [7, 11) is -4.00. The van der Waals surface area contributed by atoms with Crippen molar-refractivity contribution in [1.29, 1.82) is 0 Å². The Bertz CT molecular complexity index is 751. The third kappa shape index (κ3) is 3.00. The molecule has 4 nitrogen and oxygen atoms in total. The maximum atomic E-state index is 12.1. The first kappa shape index (κ1) is 13.3. The maximum Gasteiger partial charge on any atom is 0.339 e. The van der Waals surface area contributed by atoms with Gasteiger partial charge in [-0.3, -0.25) is 4.79 Å². The van der Waals surface area contributed by atoms with Gasteiger partial charge in [0.25, 0.3) is 0 Å². The van der Waals surface area contributed by atoms with Crippen LogP contribution in [0.5, 0.6) is 5.75 Å². The van der Waals surface area contributed by atoms with Crippen molar-refractivity contribution in [2.75, 3.05) is 0 Å². The van der Waals surface area contributed by atoms with Crippen LogP contribution in [0.3, 0.4) is 0 Å². The van der Waals surface area contributed by atoms with E-state index in [4.69, 9.17) is 4.18 Å². The van der Waals surface area contributed by atoms with Crippen LogP contribution in [0.2, 0.25) is 0 Å². The summed E-state index contributed by atoms with van der Waals surface area (Å²) in [5.41, 5.74) is 0.0809. The molecule has 0 aromatic heterocycles. The van der Waals surface area contributed by atoms with E-state index in [0.29, 0.717) is 5.56 Å². The van der Waals surface area contributed by atoms with E-state index in [9.17, 15) is 13.2 Å². The second kappa shape index (κ2) is 5.24. The zero-order valence-electron chi connectivity index (χ0n) is 10.2. The van der Waals surface area contributed by atoms with Gasteiger partial charge in [-0.15, -0.1) is 0 Å². The molecule has 0 atom stereocenters. The standard InChI is InChI=1S/C14H12O4S/c1-11-7-5-6-10-14(11)19(16,17)18-13-9-4-2-3-8-12(13)15/h2-10H,1H3. The van der Waals surface area contributed by atoms with E-state index in [0.717, 1.165) is 0 Å². The smallest absolute Gasteiger partial charge is 0.339 e. The molecular formula is C14H12O4S. The van der Waals surface area contributed by atoms with Crippen molar-refractivity contribution < 1.29 is 12.6 Å². The Balaban J connectivity index is 2.47. The van der Waals surface area contributed by atoms with Gasteiger partial charge in [-0.1, -0.05) is 36.4 Å². The van der Waals surface area contributed by atoms with Crippen molar-refractivity contribution in [3.8, 4) is 5.75 Å². The first-order chi connectivity index (χ1) is 9.00. The van der Waals surface area contributed by atoms with Crippen LogP contribution in [0.4, 0.5) is 0 Å². The SMILES string of the molecule is Cc1ccccc1S(=O)(=O)Oc1cccccc1=O. The molecule has 0 aliphatic rings. The van der Waals surface area contributed by atoms with E-state index in [-0.39, 0.29) is 10.6 Å². The van der Waals surface area contributed by atoms with E-state index in [1.807, 2.05) is 0 Å². The second-order valence-corrected chi connectivity index (χ2v) is 5.46. The van der Waals surface area contributed by atoms with Gasteiger partial charge >= 0.3 is 10.1 Å². The third-order valence-electron chi connectivity index (χ3n) is 2.52. The normalized spacial score (nSPS) is 11.0. The summed E-state index contributed by atoms with van der Waals surface area (Å²) in [4.78, 5) is 11.7. The molecule has 0 aliphatic carbocycles. The first-order valence-electron chi connectivity index (χ1n) is 5.60. The Kier molecular flexibility index (Phi) is 3.66. The summed E-state index contributed by atoms with van der Waals surface area (Å²) in [6, 6.07) is 13.7. The molecule has 2 aromatic carbocycles. The molecule has 98 valence electrons. The van der Waals surface area contributed by atoms with Crippen molar-refractivity contribution in [3.05, 3.63) is 70.4 Å². The zero-order chi connectivity index (χ0) is 13.9. The summed E-state index contributed by atoms with van der Waals surface area (Å²) >= 11 is 0. The molecule has 0 amide bonds. The van der Waals surface area contributed by atoms with E-state index in [1.165, 1.54) is 24.3 Å². The molecule has 0 radical (unpaired) electrons. The highest BCUT2D eigenvalue weighted by molar-refractivity contribution is 7.87. The minimum Gasteiger partial charge on any atom is -0.375 e. The van der Waals surface area contributed by atoms with Crippen molar-refractivity contribution in [2.24, 2.45) is 0 Å². The van der Waals surface area contributed by atoms with Crippen LogP contribution in [-0.2, 0) is 10.1 Å². The van der Waals surface area contributed by atoms with Crippen LogP contribution in [0.1, 0.15) is 5.56 Å². The number of hydrogen-bond acceptors (Lipinski definition) is 4. The zero-order valence-corrected chi connectivity index (χ0v) is 11.1. The van der Waals surface area contributed by atoms with Gasteiger partial charge in [0, 0.05) is 0 Å². The minimum atomic E-state index is -4.00. The third-order valence-corrected chi connectivity index (χ3v) is 3.92. The highest BCUT2D eigenvalue weighted by atomic mass is 32.2. The molecule has 0 unspecified atom stereocenters. The molecular weight excluding hydrogens is 264 g/mol. The van der Waals surface area contributed by atoms with E-state index < -0.39 is 15.5 Å². The number of aryl methyl sites for hydroxylation is 1. The van der Waals surface area contributed by atoms with Gasteiger partial charge in [0.05, 0.1) is 0 Å². The monoisotopic (exact) mass is 276 g/mol. The van der Waals surface area contributed by atoms with Crippen molar-refractivity contribution >= 4 is 10.1 Å². The van der Waals surface area contributed by atoms with E-state index in [2.05, 4.69) is 0 Å².